The SMILES string of the molecule is Cc1nc(NC(=O)c2ccccc2Cc2ccccc2)sc1C. The molecule has 23 heavy (non-hydrogen) atoms. The number of nitrogens with zero attached hydrogens (tertiary/aromatic N) is 1. The van der Waals surface area contributed by atoms with Crippen molar-refractivity contribution in [3.8, 4) is 0 Å². The van der Waals surface area contributed by atoms with Gasteiger partial charge in [0.05, 0.1) is 5.69 Å². The molecule has 1 N–H and O–H groups in total. The summed E-state index contributed by atoms with van der Waals surface area (Å²) in [6, 6.07) is 17.9. The van der Waals surface area contributed by atoms with Crippen molar-refractivity contribution in [3.63, 3.8) is 0 Å². The zero-order valence-corrected chi connectivity index (χ0v) is 14.0. The van der Waals surface area contributed by atoms with Gasteiger partial charge < -0.3 is 0 Å². The van der Waals surface area contributed by atoms with Gasteiger partial charge in [0.1, 0.15) is 0 Å². The first-order valence-electron chi connectivity index (χ1n) is 7.50. The minimum atomic E-state index is -0.106. The van der Waals surface area contributed by atoms with Crippen LogP contribution in [-0.4, -0.2) is 10.9 Å². The third-order valence-electron chi connectivity index (χ3n) is 3.75. The Morgan fingerprint density at radius 1 is 1.04 bits per heavy atom. The van der Waals surface area contributed by atoms with E-state index in [1.54, 1.807) is 0 Å². The number of anilines is 1. The minimum Gasteiger partial charge on any atom is -0.298 e. The van der Waals surface area contributed by atoms with Gasteiger partial charge in [-0.2, -0.15) is 0 Å². The van der Waals surface area contributed by atoms with E-state index in [2.05, 4.69) is 22.4 Å². The molecule has 3 nitrogen and oxygen atoms in total. The molecule has 1 aromatic heterocycles. The summed E-state index contributed by atoms with van der Waals surface area (Å²) in [5.41, 5.74) is 3.86. The Balaban J connectivity index is 1.83. The molecule has 0 radical (unpaired) electrons. The van der Waals surface area contributed by atoms with Crippen LogP contribution >= 0.6 is 11.3 Å². The van der Waals surface area contributed by atoms with Gasteiger partial charge >= 0.3 is 0 Å². The van der Waals surface area contributed by atoms with Gasteiger partial charge in [-0.3, -0.25) is 10.1 Å². The van der Waals surface area contributed by atoms with E-state index in [0.717, 1.165) is 22.6 Å². The summed E-state index contributed by atoms with van der Waals surface area (Å²) in [4.78, 5) is 18.1. The smallest absolute Gasteiger partial charge is 0.257 e. The Morgan fingerprint density at radius 3 is 2.43 bits per heavy atom. The molecule has 1 amide bonds. The molecule has 4 heteroatoms. The fourth-order valence-electron chi connectivity index (χ4n) is 2.40. The van der Waals surface area contributed by atoms with E-state index in [4.69, 9.17) is 0 Å². The summed E-state index contributed by atoms with van der Waals surface area (Å²) < 4.78 is 0. The minimum absolute atomic E-state index is 0.106. The number of amides is 1. The summed E-state index contributed by atoms with van der Waals surface area (Å²) in [6.07, 6.45) is 0.736. The molecule has 0 aliphatic heterocycles. The monoisotopic (exact) mass is 322 g/mol. The van der Waals surface area contributed by atoms with E-state index < -0.39 is 0 Å². The molecule has 116 valence electrons. The van der Waals surface area contributed by atoms with E-state index in [1.807, 2.05) is 56.3 Å². The van der Waals surface area contributed by atoms with Gasteiger partial charge in [0.15, 0.2) is 5.13 Å². The number of carbonyl (C=O) groups is 1. The number of hydrogen-bond donors (Lipinski definition) is 1. The average Bonchev–Trinajstić information content (AvgIpc) is 2.86. The molecule has 0 atom stereocenters. The standard InChI is InChI=1S/C19H18N2OS/c1-13-14(2)23-19(20-13)21-18(22)17-11-7-6-10-16(17)12-15-8-4-3-5-9-15/h3-11H,12H2,1-2H3,(H,20,21,22). The normalized spacial score (nSPS) is 10.5. The fourth-order valence-corrected chi connectivity index (χ4v) is 3.21. The van der Waals surface area contributed by atoms with Crippen LogP contribution < -0.4 is 5.32 Å². The summed E-state index contributed by atoms with van der Waals surface area (Å²) in [5.74, 6) is -0.106. The first-order chi connectivity index (χ1) is 11.1. The van der Waals surface area contributed by atoms with E-state index in [9.17, 15) is 4.79 Å². The highest BCUT2D eigenvalue weighted by Crippen LogP contribution is 2.22. The van der Waals surface area contributed by atoms with Gasteiger partial charge in [-0.25, -0.2) is 4.98 Å². The van der Waals surface area contributed by atoms with Crippen LogP contribution in [-0.2, 0) is 6.42 Å². The molecule has 0 saturated carbocycles. The van der Waals surface area contributed by atoms with E-state index >= 15 is 0 Å². The van der Waals surface area contributed by atoms with Crippen molar-refractivity contribution in [3.05, 3.63) is 81.9 Å². The molecule has 1 heterocycles. The Kier molecular flexibility index (Phi) is 4.53. The number of benzene rings is 2. The number of hydrogen-bond acceptors (Lipinski definition) is 3. The lowest BCUT2D eigenvalue weighted by atomic mass is 9.99. The Bertz CT molecular complexity index is 805. The van der Waals surface area contributed by atoms with Gasteiger partial charge in [-0.15, -0.1) is 11.3 Å². The molecular weight excluding hydrogens is 304 g/mol. The Labute approximate surface area is 140 Å². The van der Waals surface area contributed by atoms with Crippen LogP contribution in [0.5, 0.6) is 0 Å². The third kappa shape index (κ3) is 3.66. The van der Waals surface area contributed by atoms with Gasteiger partial charge in [0, 0.05) is 10.4 Å². The summed E-state index contributed by atoms with van der Waals surface area (Å²) in [6.45, 7) is 3.96. The number of thiazole rings is 1. The first kappa shape index (κ1) is 15.4. The van der Waals surface area contributed by atoms with Gasteiger partial charge in [-0.05, 0) is 37.5 Å². The maximum Gasteiger partial charge on any atom is 0.257 e. The predicted octanol–water partition coefficient (Wildman–Crippen LogP) is 4.60. The predicted molar refractivity (Wildman–Crippen MR) is 95.2 cm³/mol. The summed E-state index contributed by atoms with van der Waals surface area (Å²) in [7, 11) is 0. The van der Waals surface area contributed by atoms with Crippen LogP contribution in [0.15, 0.2) is 54.6 Å². The third-order valence-corrected chi connectivity index (χ3v) is 4.74. The highest BCUT2D eigenvalue weighted by molar-refractivity contribution is 7.15. The van der Waals surface area contributed by atoms with Gasteiger partial charge in [-0.1, -0.05) is 48.5 Å². The number of aryl methyl sites for hydroxylation is 2. The second kappa shape index (κ2) is 6.75. The summed E-state index contributed by atoms with van der Waals surface area (Å²) >= 11 is 1.50. The van der Waals surface area contributed by atoms with Crippen molar-refractivity contribution < 1.29 is 4.79 Å². The van der Waals surface area contributed by atoms with E-state index in [0.29, 0.717) is 10.7 Å². The lowest BCUT2D eigenvalue weighted by Crippen LogP contribution is -2.14. The van der Waals surface area contributed by atoms with Crippen LogP contribution in [0, 0.1) is 13.8 Å². The van der Waals surface area contributed by atoms with Crippen molar-refractivity contribution in [1.82, 2.24) is 4.98 Å². The molecule has 0 spiro atoms. The zero-order valence-electron chi connectivity index (χ0n) is 13.2. The molecule has 3 rings (SSSR count). The van der Waals surface area contributed by atoms with Crippen molar-refractivity contribution in [2.45, 2.75) is 20.3 Å². The number of nitrogens with one attached hydrogen (secondary N) is 1. The molecule has 3 aromatic rings. The number of carbonyl (C=O) groups excluding carboxylic acids is 1. The molecule has 0 fully saturated rings. The van der Waals surface area contributed by atoms with Crippen LogP contribution in [0.2, 0.25) is 0 Å². The second-order valence-corrected chi connectivity index (χ2v) is 6.64. The lowest BCUT2D eigenvalue weighted by molar-refractivity contribution is 0.102. The zero-order chi connectivity index (χ0) is 16.2. The molecule has 0 aliphatic carbocycles. The molecule has 2 aromatic carbocycles. The van der Waals surface area contributed by atoms with Gasteiger partial charge in [0.25, 0.3) is 5.91 Å². The van der Waals surface area contributed by atoms with Crippen molar-refractivity contribution >= 4 is 22.4 Å². The number of rotatable bonds is 4. The van der Waals surface area contributed by atoms with Crippen LogP contribution in [0.4, 0.5) is 5.13 Å². The maximum absolute atomic E-state index is 12.6. The van der Waals surface area contributed by atoms with E-state index in [-0.39, 0.29) is 5.91 Å². The largest absolute Gasteiger partial charge is 0.298 e. The Hall–Kier alpha value is -2.46. The molecule has 0 bridgehead atoms. The molecule has 0 aliphatic rings. The molecule has 0 saturated heterocycles. The number of aromatic nitrogens is 1. The van der Waals surface area contributed by atoms with Crippen LogP contribution in [0.25, 0.3) is 0 Å². The average molecular weight is 322 g/mol. The van der Waals surface area contributed by atoms with Crippen LogP contribution in [0.3, 0.4) is 0 Å². The second-order valence-electron chi connectivity index (χ2n) is 5.43. The topological polar surface area (TPSA) is 42.0 Å². The maximum atomic E-state index is 12.6. The van der Waals surface area contributed by atoms with Crippen molar-refractivity contribution in [2.24, 2.45) is 0 Å². The quantitative estimate of drug-likeness (QED) is 0.762. The molecule has 0 unspecified atom stereocenters. The first-order valence-corrected chi connectivity index (χ1v) is 8.32. The highest BCUT2D eigenvalue weighted by atomic mass is 32.1. The van der Waals surface area contributed by atoms with Crippen molar-refractivity contribution in [2.75, 3.05) is 5.32 Å². The highest BCUT2D eigenvalue weighted by Gasteiger charge is 2.13. The molecular formula is C19H18N2OS. The summed E-state index contributed by atoms with van der Waals surface area (Å²) in [5, 5.41) is 3.57. The van der Waals surface area contributed by atoms with Crippen molar-refractivity contribution in [1.29, 1.82) is 0 Å². The lowest BCUT2D eigenvalue weighted by Gasteiger charge is -2.09. The Morgan fingerprint density at radius 2 is 1.74 bits per heavy atom. The van der Waals surface area contributed by atoms with Gasteiger partial charge in [0.2, 0.25) is 0 Å². The van der Waals surface area contributed by atoms with E-state index in [1.165, 1.54) is 16.9 Å². The fraction of sp³-hybridized carbons (Fsp3) is 0.158. The van der Waals surface area contributed by atoms with Crippen LogP contribution in [0.1, 0.15) is 32.1 Å².